The van der Waals surface area contributed by atoms with E-state index in [2.05, 4.69) is 27.7 Å². The molecule has 3 aliphatic rings. The number of rotatable bonds is 0. The Morgan fingerprint density at radius 1 is 0.636 bits per heavy atom. The minimum atomic E-state index is -0.112. The molecule has 0 spiro atoms. The maximum absolute atomic E-state index is 10.3. The maximum Gasteiger partial charge on any atom is 0.0543 e. The smallest absolute Gasteiger partial charge is 0.0543 e. The summed E-state index contributed by atoms with van der Waals surface area (Å²) in [6, 6.07) is 0. The van der Waals surface area contributed by atoms with Gasteiger partial charge in [-0.15, -0.1) is 0 Å². The Kier molecular flexibility index (Phi) is 4.40. The van der Waals surface area contributed by atoms with Crippen LogP contribution in [0.1, 0.15) is 79.1 Å². The lowest BCUT2D eigenvalue weighted by atomic mass is 9.49. The molecule has 2 N–H and O–H groups in total. The van der Waals surface area contributed by atoms with Crippen molar-refractivity contribution in [3.8, 4) is 0 Å². The predicted octanol–water partition coefficient (Wildman–Crippen LogP) is 4.39. The van der Waals surface area contributed by atoms with E-state index in [4.69, 9.17) is 0 Å². The lowest BCUT2D eigenvalue weighted by molar-refractivity contribution is -0.0972. The van der Waals surface area contributed by atoms with E-state index in [0.29, 0.717) is 22.7 Å². The monoisotopic (exact) mass is 308 g/mol. The van der Waals surface area contributed by atoms with Gasteiger partial charge in [0.15, 0.2) is 0 Å². The molecule has 0 aliphatic heterocycles. The first kappa shape index (κ1) is 16.8. The molecule has 3 fully saturated rings. The number of fused-ring (bicyclic) bond motifs is 3. The molecule has 128 valence electrons. The van der Waals surface area contributed by atoms with Crippen LogP contribution in [-0.2, 0) is 0 Å². The van der Waals surface area contributed by atoms with Crippen LogP contribution in [0, 0.1) is 34.5 Å². The second-order valence-corrected chi connectivity index (χ2v) is 9.95. The van der Waals surface area contributed by atoms with E-state index in [0.717, 1.165) is 37.5 Å². The molecule has 0 aromatic rings. The van der Waals surface area contributed by atoms with Crippen molar-refractivity contribution in [2.24, 2.45) is 34.5 Å². The molecule has 3 saturated carbocycles. The fraction of sp³-hybridized carbons (Fsp3) is 1.00. The van der Waals surface area contributed by atoms with Gasteiger partial charge in [0.05, 0.1) is 12.2 Å². The summed E-state index contributed by atoms with van der Waals surface area (Å²) in [6.07, 6.45) is 8.65. The highest BCUT2D eigenvalue weighted by Gasteiger charge is 2.51. The summed E-state index contributed by atoms with van der Waals surface area (Å²) in [6.45, 7) is 9.83. The largest absolute Gasteiger partial charge is 0.393 e. The van der Waals surface area contributed by atoms with Gasteiger partial charge in [0, 0.05) is 0 Å². The predicted molar refractivity (Wildman–Crippen MR) is 90.5 cm³/mol. The van der Waals surface area contributed by atoms with Gasteiger partial charge in [0.2, 0.25) is 0 Å². The first-order valence-electron chi connectivity index (χ1n) is 9.57. The molecular weight excluding hydrogens is 272 g/mol. The molecule has 0 heterocycles. The zero-order valence-electron chi connectivity index (χ0n) is 15.0. The molecule has 6 atom stereocenters. The molecule has 22 heavy (non-hydrogen) atoms. The van der Waals surface area contributed by atoms with E-state index in [1.165, 1.54) is 25.7 Å². The van der Waals surface area contributed by atoms with E-state index in [9.17, 15) is 10.2 Å². The molecule has 0 bridgehead atoms. The van der Waals surface area contributed by atoms with E-state index in [-0.39, 0.29) is 12.2 Å². The number of aliphatic hydroxyl groups is 2. The summed E-state index contributed by atoms with van der Waals surface area (Å²) < 4.78 is 0. The highest BCUT2D eigenvalue weighted by atomic mass is 16.3. The van der Waals surface area contributed by atoms with E-state index in [1.807, 2.05) is 0 Å². The van der Waals surface area contributed by atoms with Crippen LogP contribution in [0.4, 0.5) is 0 Å². The lowest BCUT2D eigenvalue weighted by Crippen LogP contribution is -2.50. The lowest BCUT2D eigenvalue weighted by Gasteiger charge is -2.56. The number of aliphatic hydroxyl groups excluding tert-OH is 2. The summed E-state index contributed by atoms with van der Waals surface area (Å²) in [7, 11) is 0. The fourth-order valence-corrected chi connectivity index (χ4v) is 6.27. The molecule has 0 saturated heterocycles. The minimum Gasteiger partial charge on any atom is -0.393 e. The van der Waals surface area contributed by atoms with Crippen molar-refractivity contribution in [2.45, 2.75) is 91.3 Å². The van der Waals surface area contributed by atoms with Gasteiger partial charge in [0.1, 0.15) is 0 Å². The first-order chi connectivity index (χ1) is 10.2. The van der Waals surface area contributed by atoms with Gasteiger partial charge in [-0.3, -0.25) is 0 Å². The average molecular weight is 309 g/mol. The second-order valence-electron chi connectivity index (χ2n) is 9.95. The van der Waals surface area contributed by atoms with Gasteiger partial charge in [-0.1, -0.05) is 27.7 Å². The van der Waals surface area contributed by atoms with Crippen molar-refractivity contribution in [1.82, 2.24) is 0 Å². The number of hydrogen-bond donors (Lipinski definition) is 2. The normalized spacial score (nSPS) is 47.7. The quantitative estimate of drug-likeness (QED) is 0.697. The van der Waals surface area contributed by atoms with Crippen LogP contribution < -0.4 is 0 Å². The molecule has 0 aromatic carbocycles. The van der Waals surface area contributed by atoms with Crippen LogP contribution in [0.3, 0.4) is 0 Å². The topological polar surface area (TPSA) is 40.5 Å². The third-order valence-corrected chi connectivity index (χ3v) is 7.72. The third kappa shape index (κ3) is 2.98. The van der Waals surface area contributed by atoms with Crippen molar-refractivity contribution in [2.75, 3.05) is 0 Å². The van der Waals surface area contributed by atoms with Gasteiger partial charge in [-0.05, 0) is 85.9 Å². The molecule has 0 radical (unpaired) electrons. The van der Waals surface area contributed by atoms with Crippen molar-refractivity contribution >= 4 is 0 Å². The highest BCUT2D eigenvalue weighted by molar-refractivity contribution is 5.01. The minimum absolute atomic E-state index is 0.112. The van der Waals surface area contributed by atoms with Crippen molar-refractivity contribution in [3.63, 3.8) is 0 Å². The molecule has 3 aliphatic carbocycles. The molecule has 2 heteroatoms. The highest BCUT2D eigenvalue weighted by Crippen LogP contribution is 2.58. The Hall–Kier alpha value is -0.0800. The molecule has 0 amide bonds. The summed E-state index contributed by atoms with van der Waals surface area (Å²) in [5.41, 5.74) is 0.741. The van der Waals surface area contributed by atoms with Crippen LogP contribution in [0.25, 0.3) is 0 Å². The Bertz CT molecular complexity index is 363. The average Bonchev–Trinajstić information content (AvgIpc) is 2.44. The Balaban J connectivity index is 1.96. The van der Waals surface area contributed by atoms with Gasteiger partial charge in [0.25, 0.3) is 0 Å². The van der Waals surface area contributed by atoms with Crippen molar-refractivity contribution in [3.05, 3.63) is 0 Å². The SMILES string of the molecule is CC1(C)CCC(C)(C)C2CCC(O)CC2C2CC(O)CCC21. The zero-order chi connectivity index (χ0) is 16.1. The summed E-state index contributed by atoms with van der Waals surface area (Å²) >= 11 is 0. The van der Waals surface area contributed by atoms with E-state index < -0.39 is 0 Å². The Morgan fingerprint density at radius 2 is 1.00 bits per heavy atom. The van der Waals surface area contributed by atoms with Gasteiger partial charge >= 0.3 is 0 Å². The number of hydrogen-bond acceptors (Lipinski definition) is 2. The van der Waals surface area contributed by atoms with E-state index >= 15 is 0 Å². The second kappa shape index (κ2) is 5.77. The Labute approximate surface area is 136 Å². The standard InChI is InChI=1S/C20H36O2/c1-19(2)9-10-20(3,4)18-8-6-14(22)12-16(18)15-11-13(21)5-7-17(15)19/h13-18,21-22H,5-12H2,1-4H3. The van der Waals surface area contributed by atoms with Crippen molar-refractivity contribution in [1.29, 1.82) is 0 Å². The molecule has 6 unspecified atom stereocenters. The van der Waals surface area contributed by atoms with E-state index in [1.54, 1.807) is 0 Å². The summed E-state index contributed by atoms with van der Waals surface area (Å²) in [4.78, 5) is 0. The maximum atomic E-state index is 10.3. The Morgan fingerprint density at radius 3 is 1.36 bits per heavy atom. The fourth-order valence-electron chi connectivity index (χ4n) is 6.27. The molecule has 3 rings (SSSR count). The van der Waals surface area contributed by atoms with Gasteiger partial charge in [-0.2, -0.15) is 0 Å². The first-order valence-corrected chi connectivity index (χ1v) is 9.57. The van der Waals surface area contributed by atoms with Crippen molar-refractivity contribution < 1.29 is 10.2 Å². The third-order valence-electron chi connectivity index (χ3n) is 7.72. The molecule has 0 aromatic heterocycles. The summed E-state index contributed by atoms with van der Waals surface area (Å²) in [5, 5.41) is 20.6. The van der Waals surface area contributed by atoms with Crippen LogP contribution in [0.15, 0.2) is 0 Å². The molecular formula is C20H36O2. The van der Waals surface area contributed by atoms with Crippen LogP contribution in [0.5, 0.6) is 0 Å². The van der Waals surface area contributed by atoms with Crippen LogP contribution in [0.2, 0.25) is 0 Å². The van der Waals surface area contributed by atoms with Crippen LogP contribution in [-0.4, -0.2) is 22.4 Å². The molecule has 2 nitrogen and oxygen atoms in total. The van der Waals surface area contributed by atoms with Crippen LogP contribution >= 0.6 is 0 Å². The van der Waals surface area contributed by atoms with Gasteiger partial charge in [-0.25, -0.2) is 0 Å². The van der Waals surface area contributed by atoms with Gasteiger partial charge < -0.3 is 10.2 Å². The summed E-state index contributed by atoms with van der Waals surface area (Å²) in [5.74, 6) is 2.67. The zero-order valence-corrected chi connectivity index (χ0v) is 15.0.